The second kappa shape index (κ2) is 7.73. The van der Waals surface area contributed by atoms with Gasteiger partial charge in [0.25, 0.3) is 0 Å². The lowest BCUT2D eigenvalue weighted by Crippen LogP contribution is -2.34. The Bertz CT molecular complexity index is 584. The fraction of sp³-hybridized carbons (Fsp3) is 0.500. The van der Waals surface area contributed by atoms with Crippen LogP contribution in [-0.2, 0) is 19.9 Å². The zero-order valence-electron chi connectivity index (χ0n) is 12.2. The Balaban J connectivity index is 2.08. The molecule has 1 unspecified atom stereocenters. The van der Waals surface area contributed by atoms with E-state index in [1.54, 1.807) is 13.1 Å². The average Bonchev–Trinajstić information content (AvgIpc) is 2.84. The number of benzene rings is 1. The molecule has 5 nitrogen and oxygen atoms in total. The summed E-state index contributed by atoms with van der Waals surface area (Å²) < 4.78 is 0. The van der Waals surface area contributed by atoms with Crippen LogP contribution in [0.15, 0.2) is 18.2 Å². The highest BCUT2D eigenvalue weighted by molar-refractivity contribution is 6.35. The van der Waals surface area contributed by atoms with E-state index < -0.39 is 0 Å². The van der Waals surface area contributed by atoms with Gasteiger partial charge < -0.3 is 5.32 Å². The van der Waals surface area contributed by atoms with Crippen LogP contribution >= 0.6 is 23.2 Å². The highest BCUT2D eigenvalue weighted by Crippen LogP contribution is 2.22. The van der Waals surface area contributed by atoms with Crippen LogP contribution in [0.3, 0.4) is 0 Å². The summed E-state index contributed by atoms with van der Waals surface area (Å²) >= 11 is 12.2. The van der Waals surface area contributed by atoms with Crippen molar-refractivity contribution in [1.29, 1.82) is 0 Å². The molecule has 0 aliphatic carbocycles. The quantitative estimate of drug-likeness (QED) is 0.849. The first-order valence-electron chi connectivity index (χ1n) is 6.98. The minimum absolute atomic E-state index is 0.216. The largest absolute Gasteiger partial charge is 0.313 e. The number of hydrogen-bond donors (Lipinski definition) is 1. The van der Waals surface area contributed by atoms with Crippen molar-refractivity contribution in [2.45, 2.75) is 32.2 Å². The molecule has 2 aromatic rings. The predicted octanol–water partition coefficient (Wildman–Crippen LogP) is 2.67. The van der Waals surface area contributed by atoms with Crippen molar-refractivity contribution >= 4 is 23.2 Å². The molecular formula is C14H19Cl2N5. The van der Waals surface area contributed by atoms with Crippen molar-refractivity contribution in [1.82, 2.24) is 25.5 Å². The molecule has 21 heavy (non-hydrogen) atoms. The van der Waals surface area contributed by atoms with Gasteiger partial charge in [-0.05, 0) is 42.3 Å². The maximum atomic E-state index is 6.25. The average molecular weight is 328 g/mol. The fourth-order valence-electron chi connectivity index (χ4n) is 2.14. The first-order valence-corrected chi connectivity index (χ1v) is 7.74. The van der Waals surface area contributed by atoms with Gasteiger partial charge in [0.15, 0.2) is 5.82 Å². The van der Waals surface area contributed by atoms with Gasteiger partial charge in [0.1, 0.15) is 0 Å². The standard InChI is InChI=1S/C14H19Cl2N5/c1-3-6-17-12(9-14-18-20-21(2)19-14)7-10-4-5-11(15)8-13(10)16/h4-5,8,12,17H,3,6-7,9H2,1-2H3. The third-order valence-corrected chi connectivity index (χ3v) is 3.73. The van der Waals surface area contributed by atoms with E-state index in [1.807, 2.05) is 12.1 Å². The zero-order valence-corrected chi connectivity index (χ0v) is 13.7. The van der Waals surface area contributed by atoms with Crippen LogP contribution in [0.1, 0.15) is 24.7 Å². The monoisotopic (exact) mass is 327 g/mol. The number of aryl methyl sites for hydroxylation is 1. The van der Waals surface area contributed by atoms with Gasteiger partial charge in [0.2, 0.25) is 0 Å². The number of rotatable bonds is 7. The van der Waals surface area contributed by atoms with Crippen molar-refractivity contribution in [2.75, 3.05) is 6.54 Å². The molecule has 1 aromatic carbocycles. The van der Waals surface area contributed by atoms with Gasteiger partial charge in [-0.15, -0.1) is 10.2 Å². The summed E-state index contributed by atoms with van der Waals surface area (Å²) in [6, 6.07) is 5.82. The van der Waals surface area contributed by atoms with Crippen LogP contribution in [0, 0.1) is 0 Å². The molecule has 7 heteroatoms. The number of tetrazole rings is 1. The minimum atomic E-state index is 0.216. The third kappa shape index (κ3) is 4.95. The van der Waals surface area contributed by atoms with E-state index in [1.165, 1.54) is 4.80 Å². The second-order valence-corrected chi connectivity index (χ2v) is 5.83. The molecule has 0 aliphatic rings. The summed E-state index contributed by atoms with van der Waals surface area (Å²) in [5.74, 6) is 0.733. The van der Waals surface area contributed by atoms with E-state index in [4.69, 9.17) is 23.2 Å². The number of aromatic nitrogens is 4. The third-order valence-electron chi connectivity index (χ3n) is 3.14. The van der Waals surface area contributed by atoms with E-state index in [0.29, 0.717) is 16.5 Å². The maximum absolute atomic E-state index is 6.25. The molecule has 0 aliphatic heterocycles. The molecule has 0 spiro atoms. The van der Waals surface area contributed by atoms with E-state index in [-0.39, 0.29) is 6.04 Å². The van der Waals surface area contributed by atoms with E-state index >= 15 is 0 Å². The molecule has 0 amide bonds. The molecule has 0 radical (unpaired) electrons. The maximum Gasteiger partial charge on any atom is 0.176 e. The van der Waals surface area contributed by atoms with Gasteiger partial charge >= 0.3 is 0 Å². The Morgan fingerprint density at radius 2 is 2.10 bits per heavy atom. The molecule has 1 atom stereocenters. The van der Waals surface area contributed by atoms with Gasteiger partial charge in [-0.2, -0.15) is 4.80 Å². The Morgan fingerprint density at radius 1 is 1.29 bits per heavy atom. The number of halogens is 2. The summed E-state index contributed by atoms with van der Waals surface area (Å²) in [6.45, 7) is 3.08. The Morgan fingerprint density at radius 3 is 2.71 bits per heavy atom. The lowest BCUT2D eigenvalue weighted by atomic mass is 10.0. The summed E-state index contributed by atoms with van der Waals surface area (Å²) in [6.07, 6.45) is 2.58. The number of nitrogens with zero attached hydrogens (tertiary/aromatic N) is 4. The SMILES string of the molecule is CCCNC(Cc1nnn(C)n1)Cc1ccc(Cl)cc1Cl. The van der Waals surface area contributed by atoms with Crippen LogP contribution in [-0.4, -0.2) is 32.8 Å². The Hall–Kier alpha value is -1.17. The zero-order chi connectivity index (χ0) is 15.2. The molecule has 0 bridgehead atoms. The number of nitrogens with one attached hydrogen (secondary N) is 1. The highest BCUT2D eigenvalue weighted by atomic mass is 35.5. The first-order chi connectivity index (χ1) is 10.1. The van der Waals surface area contributed by atoms with Crippen molar-refractivity contribution in [3.63, 3.8) is 0 Å². The smallest absolute Gasteiger partial charge is 0.176 e. The predicted molar refractivity (Wildman–Crippen MR) is 84.7 cm³/mol. The number of hydrogen-bond acceptors (Lipinski definition) is 4. The van der Waals surface area contributed by atoms with Gasteiger partial charge in [-0.25, -0.2) is 0 Å². The Kier molecular flexibility index (Phi) is 5.96. The van der Waals surface area contributed by atoms with Crippen LogP contribution in [0.5, 0.6) is 0 Å². The highest BCUT2D eigenvalue weighted by Gasteiger charge is 2.15. The molecule has 1 aromatic heterocycles. The molecule has 114 valence electrons. The van der Waals surface area contributed by atoms with Crippen molar-refractivity contribution in [3.8, 4) is 0 Å². The summed E-state index contributed by atoms with van der Waals surface area (Å²) in [7, 11) is 1.76. The van der Waals surface area contributed by atoms with Crippen LogP contribution < -0.4 is 5.32 Å². The van der Waals surface area contributed by atoms with Crippen molar-refractivity contribution < 1.29 is 0 Å². The molecule has 0 saturated heterocycles. The lowest BCUT2D eigenvalue weighted by molar-refractivity contribution is 0.494. The van der Waals surface area contributed by atoms with Crippen LogP contribution in [0.2, 0.25) is 10.0 Å². The van der Waals surface area contributed by atoms with Gasteiger partial charge in [-0.3, -0.25) is 0 Å². The summed E-state index contributed by atoms with van der Waals surface area (Å²) in [5.41, 5.74) is 1.07. The summed E-state index contributed by atoms with van der Waals surface area (Å²) in [4.78, 5) is 1.47. The summed E-state index contributed by atoms with van der Waals surface area (Å²) in [5, 5.41) is 17.0. The van der Waals surface area contributed by atoms with E-state index in [0.717, 1.165) is 30.8 Å². The molecule has 0 fully saturated rings. The fourth-order valence-corrected chi connectivity index (χ4v) is 2.63. The molecule has 1 N–H and O–H groups in total. The van der Waals surface area contributed by atoms with Gasteiger partial charge in [-0.1, -0.05) is 36.2 Å². The minimum Gasteiger partial charge on any atom is -0.313 e. The van der Waals surface area contributed by atoms with Crippen LogP contribution in [0.4, 0.5) is 0 Å². The van der Waals surface area contributed by atoms with Crippen molar-refractivity contribution in [3.05, 3.63) is 39.6 Å². The lowest BCUT2D eigenvalue weighted by Gasteiger charge is -2.17. The molecule has 2 rings (SSSR count). The molecular weight excluding hydrogens is 309 g/mol. The van der Waals surface area contributed by atoms with Crippen molar-refractivity contribution in [2.24, 2.45) is 7.05 Å². The topological polar surface area (TPSA) is 55.6 Å². The van der Waals surface area contributed by atoms with E-state index in [9.17, 15) is 0 Å². The van der Waals surface area contributed by atoms with E-state index in [2.05, 4.69) is 27.7 Å². The van der Waals surface area contributed by atoms with Gasteiger partial charge in [0, 0.05) is 22.5 Å². The molecule has 0 saturated carbocycles. The van der Waals surface area contributed by atoms with Crippen LogP contribution in [0.25, 0.3) is 0 Å². The normalized spacial score (nSPS) is 12.6. The first kappa shape index (κ1) is 16.2. The second-order valence-electron chi connectivity index (χ2n) is 4.99. The molecule has 1 heterocycles. The Labute approximate surface area is 134 Å². The van der Waals surface area contributed by atoms with Gasteiger partial charge in [0.05, 0.1) is 7.05 Å².